The molecule has 2 fully saturated rings. The van der Waals surface area contributed by atoms with E-state index >= 15 is 0 Å². The third-order valence-corrected chi connectivity index (χ3v) is 4.82. The Kier molecular flexibility index (Phi) is 5.18. The van der Waals surface area contributed by atoms with Crippen molar-refractivity contribution in [2.45, 2.75) is 70.0 Å². The van der Waals surface area contributed by atoms with Crippen molar-refractivity contribution in [2.24, 2.45) is 0 Å². The number of hydrogen-bond donors (Lipinski definition) is 2. The van der Waals surface area contributed by atoms with Crippen LogP contribution in [0.25, 0.3) is 0 Å². The number of benzene rings is 1. The Morgan fingerprint density at radius 1 is 1.09 bits per heavy atom. The van der Waals surface area contributed by atoms with Crippen LogP contribution < -0.4 is 10.6 Å². The van der Waals surface area contributed by atoms with E-state index in [1.165, 1.54) is 18.4 Å². The van der Waals surface area contributed by atoms with Crippen LogP contribution in [0.2, 0.25) is 0 Å². The van der Waals surface area contributed by atoms with Crippen molar-refractivity contribution in [3.63, 3.8) is 0 Å². The lowest BCUT2D eigenvalue weighted by molar-refractivity contribution is 0.0924. The number of carbonyl (C=O) groups excluding carboxylic acids is 1. The summed E-state index contributed by atoms with van der Waals surface area (Å²) < 4.78 is 0. The summed E-state index contributed by atoms with van der Waals surface area (Å²) >= 11 is 0. The molecule has 0 spiro atoms. The molecular formula is C18H27ClN2O. The summed E-state index contributed by atoms with van der Waals surface area (Å²) in [7, 11) is 0. The van der Waals surface area contributed by atoms with Crippen LogP contribution in [0.15, 0.2) is 24.3 Å². The minimum Gasteiger partial charge on any atom is -0.349 e. The second-order valence-corrected chi connectivity index (χ2v) is 7.61. The van der Waals surface area contributed by atoms with Gasteiger partial charge in [0.15, 0.2) is 0 Å². The molecule has 0 aromatic heterocycles. The molecule has 2 saturated heterocycles. The molecule has 2 N–H and O–H groups in total. The van der Waals surface area contributed by atoms with Gasteiger partial charge in [-0.15, -0.1) is 12.4 Å². The third-order valence-electron chi connectivity index (χ3n) is 4.82. The first-order chi connectivity index (χ1) is 9.91. The Labute approximate surface area is 139 Å². The fourth-order valence-electron chi connectivity index (χ4n) is 3.57. The van der Waals surface area contributed by atoms with Gasteiger partial charge in [0.1, 0.15) is 0 Å². The van der Waals surface area contributed by atoms with Crippen LogP contribution in [-0.2, 0) is 5.41 Å². The lowest BCUT2D eigenvalue weighted by Gasteiger charge is -2.29. The summed E-state index contributed by atoms with van der Waals surface area (Å²) in [6.07, 6.45) is 4.67. The Hall–Kier alpha value is -1.06. The van der Waals surface area contributed by atoms with Gasteiger partial charge in [-0.05, 0) is 48.8 Å². The summed E-state index contributed by atoms with van der Waals surface area (Å²) in [4.78, 5) is 12.4. The fourth-order valence-corrected chi connectivity index (χ4v) is 3.57. The smallest absolute Gasteiger partial charge is 0.251 e. The monoisotopic (exact) mass is 322 g/mol. The lowest BCUT2D eigenvalue weighted by Crippen LogP contribution is -2.48. The van der Waals surface area contributed by atoms with Crippen LogP contribution in [0.1, 0.15) is 62.4 Å². The average Bonchev–Trinajstić information content (AvgIpc) is 2.77. The highest BCUT2D eigenvalue weighted by Crippen LogP contribution is 2.27. The maximum Gasteiger partial charge on any atom is 0.251 e. The highest BCUT2D eigenvalue weighted by molar-refractivity contribution is 5.94. The molecule has 0 aliphatic carbocycles. The topological polar surface area (TPSA) is 41.1 Å². The molecule has 0 saturated carbocycles. The Bertz CT molecular complexity index is 509. The van der Waals surface area contributed by atoms with E-state index in [-0.39, 0.29) is 23.7 Å². The molecule has 2 atom stereocenters. The van der Waals surface area contributed by atoms with Crippen molar-refractivity contribution in [1.29, 1.82) is 0 Å². The van der Waals surface area contributed by atoms with Crippen molar-refractivity contribution in [1.82, 2.24) is 10.6 Å². The number of fused-ring (bicyclic) bond motifs is 2. The zero-order chi connectivity index (χ0) is 15.0. The van der Waals surface area contributed by atoms with Gasteiger partial charge < -0.3 is 10.6 Å². The number of carbonyl (C=O) groups is 1. The maximum atomic E-state index is 12.4. The van der Waals surface area contributed by atoms with Crippen molar-refractivity contribution in [2.75, 3.05) is 0 Å². The first-order valence-electron chi connectivity index (χ1n) is 8.09. The third kappa shape index (κ3) is 3.82. The molecule has 2 aliphatic heterocycles. The minimum atomic E-state index is 0. The van der Waals surface area contributed by atoms with Gasteiger partial charge in [0.05, 0.1) is 0 Å². The molecule has 3 rings (SSSR count). The van der Waals surface area contributed by atoms with E-state index in [2.05, 4.69) is 43.5 Å². The van der Waals surface area contributed by atoms with Gasteiger partial charge in [-0.1, -0.05) is 32.9 Å². The van der Waals surface area contributed by atoms with Crippen LogP contribution in [-0.4, -0.2) is 24.0 Å². The van der Waals surface area contributed by atoms with Gasteiger partial charge in [0, 0.05) is 23.7 Å². The molecule has 4 heteroatoms. The molecule has 2 aliphatic rings. The summed E-state index contributed by atoms with van der Waals surface area (Å²) in [5.41, 5.74) is 2.16. The van der Waals surface area contributed by atoms with Crippen molar-refractivity contribution in [3.8, 4) is 0 Å². The number of rotatable bonds is 2. The molecule has 1 aromatic carbocycles. The highest BCUT2D eigenvalue weighted by Gasteiger charge is 2.34. The first-order valence-corrected chi connectivity index (χ1v) is 8.09. The van der Waals surface area contributed by atoms with Crippen molar-refractivity contribution in [3.05, 3.63) is 35.4 Å². The van der Waals surface area contributed by atoms with Gasteiger partial charge in [-0.2, -0.15) is 0 Å². The van der Waals surface area contributed by atoms with Crippen LogP contribution in [0, 0.1) is 0 Å². The quantitative estimate of drug-likeness (QED) is 0.876. The zero-order valence-corrected chi connectivity index (χ0v) is 14.5. The zero-order valence-electron chi connectivity index (χ0n) is 13.7. The second-order valence-electron chi connectivity index (χ2n) is 7.61. The molecule has 1 aromatic rings. The second kappa shape index (κ2) is 6.59. The SMILES string of the molecule is CC(C)(C)c1ccc(C(=O)NC2CC3CCC(C2)N3)cc1.Cl. The molecule has 0 radical (unpaired) electrons. The molecule has 2 unspecified atom stereocenters. The minimum absolute atomic E-state index is 0. The summed E-state index contributed by atoms with van der Waals surface area (Å²) in [5, 5.41) is 6.82. The molecule has 1 amide bonds. The lowest BCUT2D eigenvalue weighted by atomic mass is 9.86. The first kappa shape index (κ1) is 17.3. The molecular weight excluding hydrogens is 296 g/mol. The standard InChI is InChI=1S/C18H26N2O.ClH/c1-18(2,3)13-6-4-12(5-7-13)17(21)20-16-10-14-8-9-15(11-16)19-14;/h4-7,14-16,19H,8-11H2,1-3H3,(H,20,21);1H. The van der Waals surface area contributed by atoms with Crippen molar-refractivity contribution < 1.29 is 4.79 Å². The van der Waals surface area contributed by atoms with E-state index in [1.807, 2.05) is 12.1 Å². The van der Waals surface area contributed by atoms with Crippen LogP contribution >= 0.6 is 12.4 Å². The van der Waals surface area contributed by atoms with E-state index < -0.39 is 0 Å². The molecule has 22 heavy (non-hydrogen) atoms. The van der Waals surface area contributed by atoms with E-state index in [9.17, 15) is 4.79 Å². The Morgan fingerprint density at radius 3 is 2.14 bits per heavy atom. The Morgan fingerprint density at radius 2 is 1.64 bits per heavy atom. The van der Waals surface area contributed by atoms with Crippen LogP contribution in [0.3, 0.4) is 0 Å². The maximum absolute atomic E-state index is 12.4. The summed E-state index contributed by atoms with van der Waals surface area (Å²) in [5.74, 6) is 0.0711. The van der Waals surface area contributed by atoms with Gasteiger partial charge in [-0.25, -0.2) is 0 Å². The molecule has 3 nitrogen and oxygen atoms in total. The van der Waals surface area contributed by atoms with E-state index in [0.29, 0.717) is 18.1 Å². The molecule has 122 valence electrons. The number of amides is 1. The fraction of sp³-hybridized carbons (Fsp3) is 0.611. The van der Waals surface area contributed by atoms with Gasteiger partial charge in [0.2, 0.25) is 0 Å². The van der Waals surface area contributed by atoms with Gasteiger partial charge in [-0.3, -0.25) is 4.79 Å². The number of piperidine rings is 1. The van der Waals surface area contributed by atoms with E-state index in [1.54, 1.807) is 0 Å². The van der Waals surface area contributed by atoms with Crippen LogP contribution in [0.4, 0.5) is 0 Å². The predicted octanol–water partition coefficient (Wildman–Crippen LogP) is 3.42. The van der Waals surface area contributed by atoms with Crippen LogP contribution in [0.5, 0.6) is 0 Å². The highest BCUT2D eigenvalue weighted by atomic mass is 35.5. The number of hydrogen-bond acceptors (Lipinski definition) is 2. The number of nitrogens with one attached hydrogen (secondary N) is 2. The number of halogens is 1. The molecule has 2 bridgehead atoms. The van der Waals surface area contributed by atoms with Crippen molar-refractivity contribution >= 4 is 18.3 Å². The Balaban J connectivity index is 0.00000176. The van der Waals surface area contributed by atoms with Gasteiger partial charge in [0.25, 0.3) is 5.91 Å². The van der Waals surface area contributed by atoms with E-state index in [0.717, 1.165) is 18.4 Å². The normalized spacial score (nSPS) is 27.1. The molecule has 2 heterocycles. The van der Waals surface area contributed by atoms with E-state index in [4.69, 9.17) is 0 Å². The summed E-state index contributed by atoms with van der Waals surface area (Å²) in [6.45, 7) is 6.56. The summed E-state index contributed by atoms with van der Waals surface area (Å²) in [6, 6.07) is 9.59. The van der Waals surface area contributed by atoms with Gasteiger partial charge >= 0.3 is 0 Å². The average molecular weight is 323 g/mol. The largest absolute Gasteiger partial charge is 0.349 e. The predicted molar refractivity (Wildman–Crippen MR) is 92.8 cm³/mol.